The highest BCUT2D eigenvalue weighted by Crippen LogP contribution is 2.37. The molecule has 0 saturated heterocycles. The van der Waals surface area contributed by atoms with Crippen molar-refractivity contribution >= 4 is 0 Å². The molecular formula is C22H37NO. The molecule has 0 amide bonds. The van der Waals surface area contributed by atoms with E-state index < -0.39 is 5.54 Å². The molecule has 24 heavy (non-hydrogen) atoms. The normalized spacial score (nSPS) is 19.8. The molecule has 2 atom stereocenters. The van der Waals surface area contributed by atoms with Crippen LogP contribution >= 0.6 is 0 Å². The Balaban J connectivity index is 1.90. The maximum Gasteiger partial charge on any atom is 0.0608 e. The molecule has 1 aromatic carbocycles. The van der Waals surface area contributed by atoms with Crippen molar-refractivity contribution in [3.05, 3.63) is 34.9 Å². The van der Waals surface area contributed by atoms with E-state index in [0.717, 1.165) is 6.42 Å². The van der Waals surface area contributed by atoms with Crippen molar-refractivity contribution < 1.29 is 5.11 Å². The van der Waals surface area contributed by atoms with Crippen molar-refractivity contribution in [2.45, 2.75) is 95.9 Å². The average Bonchev–Trinajstić information content (AvgIpc) is 2.58. The molecule has 136 valence electrons. The van der Waals surface area contributed by atoms with Gasteiger partial charge in [-0.05, 0) is 68.1 Å². The van der Waals surface area contributed by atoms with E-state index in [4.69, 9.17) is 5.73 Å². The summed E-state index contributed by atoms with van der Waals surface area (Å²) in [5.41, 5.74) is 10.3. The van der Waals surface area contributed by atoms with Gasteiger partial charge in [0.2, 0.25) is 0 Å². The lowest BCUT2D eigenvalue weighted by Crippen LogP contribution is -2.42. The summed E-state index contributed by atoms with van der Waals surface area (Å²) in [5, 5.41) is 9.47. The van der Waals surface area contributed by atoms with Crippen LogP contribution in [0.3, 0.4) is 0 Å². The number of benzene rings is 1. The van der Waals surface area contributed by atoms with Gasteiger partial charge in [-0.3, -0.25) is 0 Å². The third-order valence-corrected chi connectivity index (χ3v) is 5.54. The summed E-state index contributed by atoms with van der Waals surface area (Å²) in [6.07, 6.45) is 13.9. The van der Waals surface area contributed by atoms with E-state index in [2.05, 4.69) is 25.1 Å². The largest absolute Gasteiger partial charge is 0.394 e. The smallest absolute Gasteiger partial charge is 0.0608 e. The highest BCUT2D eigenvalue weighted by molar-refractivity contribution is 5.37. The first-order valence-corrected chi connectivity index (χ1v) is 10.1. The van der Waals surface area contributed by atoms with E-state index in [1.807, 2.05) is 6.92 Å². The first-order chi connectivity index (χ1) is 11.6. The Hall–Kier alpha value is -0.860. The molecule has 0 saturated carbocycles. The van der Waals surface area contributed by atoms with E-state index >= 15 is 0 Å². The van der Waals surface area contributed by atoms with E-state index in [1.165, 1.54) is 80.9 Å². The van der Waals surface area contributed by atoms with Gasteiger partial charge in [0.25, 0.3) is 0 Å². The molecule has 2 nitrogen and oxygen atoms in total. The van der Waals surface area contributed by atoms with Gasteiger partial charge in [0, 0.05) is 5.54 Å². The Morgan fingerprint density at radius 1 is 1.17 bits per heavy atom. The molecule has 0 heterocycles. The highest BCUT2D eigenvalue weighted by Gasteiger charge is 2.27. The minimum atomic E-state index is -0.462. The second-order valence-electron chi connectivity index (χ2n) is 8.16. The summed E-state index contributed by atoms with van der Waals surface area (Å²) < 4.78 is 0. The SMILES string of the molecule is CCCCCCCCc1ccc2c(c1)CCCC2CC(C)(N)CO. The van der Waals surface area contributed by atoms with Crippen LogP contribution in [0.25, 0.3) is 0 Å². The van der Waals surface area contributed by atoms with Gasteiger partial charge in [0.1, 0.15) is 0 Å². The van der Waals surface area contributed by atoms with E-state index in [9.17, 15) is 5.11 Å². The van der Waals surface area contributed by atoms with Crippen LogP contribution in [0.15, 0.2) is 18.2 Å². The summed E-state index contributed by atoms with van der Waals surface area (Å²) >= 11 is 0. The molecule has 0 aliphatic heterocycles. The summed E-state index contributed by atoms with van der Waals surface area (Å²) in [4.78, 5) is 0. The first-order valence-electron chi connectivity index (χ1n) is 10.1. The number of rotatable bonds is 10. The Bertz CT molecular complexity index is 495. The molecule has 1 aliphatic carbocycles. The number of hydrogen-bond donors (Lipinski definition) is 2. The van der Waals surface area contributed by atoms with Gasteiger partial charge in [-0.25, -0.2) is 0 Å². The molecule has 2 rings (SSSR count). The van der Waals surface area contributed by atoms with Crippen molar-refractivity contribution in [1.29, 1.82) is 0 Å². The standard InChI is InChI=1S/C22H37NO/c1-3-4-5-6-7-8-10-18-13-14-21-19(15-18)11-9-12-20(21)16-22(2,23)17-24/h13-15,20,24H,3-12,16-17,23H2,1-2H3. The fourth-order valence-corrected chi connectivity index (χ4v) is 4.07. The van der Waals surface area contributed by atoms with Crippen LogP contribution in [-0.4, -0.2) is 17.3 Å². The lowest BCUT2D eigenvalue weighted by atomic mass is 9.76. The Morgan fingerprint density at radius 2 is 1.92 bits per heavy atom. The average molecular weight is 332 g/mol. The molecule has 1 aliphatic rings. The van der Waals surface area contributed by atoms with Crippen LogP contribution < -0.4 is 5.73 Å². The summed E-state index contributed by atoms with van der Waals surface area (Å²) in [7, 11) is 0. The lowest BCUT2D eigenvalue weighted by Gasteiger charge is -2.32. The Kier molecular flexibility index (Phi) is 7.77. The van der Waals surface area contributed by atoms with Crippen LogP contribution in [-0.2, 0) is 12.8 Å². The topological polar surface area (TPSA) is 46.2 Å². The third-order valence-electron chi connectivity index (χ3n) is 5.54. The predicted molar refractivity (Wildman–Crippen MR) is 103 cm³/mol. The highest BCUT2D eigenvalue weighted by atomic mass is 16.3. The van der Waals surface area contributed by atoms with Crippen LogP contribution in [0.4, 0.5) is 0 Å². The maximum atomic E-state index is 9.47. The number of hydrogen-bond acceptors (Lipinski definition) is 2. The molecule has 1 aromatic rings. The summed E-state index contributed by atoms with van der Waals surface area (Å²) in [5.74, 6) is 0.513. The van der Waals surface area contributed by atoms with Gasteiger partial charge in [-0.1, -0.05) is 57.2 Å². The number of fused-ring (bicyclic) bond motifs is 1. The molecule has 0 radical (unpaired) electrons. The minimum Gasteiger partial charge on any atom is -0.394 e. The Morgan fingerprint density at radius 3 is 2.67 bits per heavy atom. The molecule has 0 spiro atoms. The zero-order valence-corrected chi connectivity index (χ0v) is 15.8. The van der Waals surface area contributed by atoms with E-state index in [-0.39, 0.29) is 6.61 Å². The van der Waals surface area contributed by atoms with Crippen LogP contribution in [0.1, 0.15) is 94.2 Å². The second-order valence-corrected chi connectivity index (χ2v) is 8.16. The van der Waals surface area contributed by atoms with Crippen molar-refractivity contribution in [2.24, 2.45) is 5.73 Å². The van der Waals surface area contributed by atoms with Crippen LogP contribution in [0.5, 0.6) is 0 Å². The fraction of sp³-hybridized carbons (Fsp3) is 0.727. The summed E-state index contributed by atoms with van der Waals surface area (Å²) in [6.45, 7) is 4.30. The fourth-order valence-electron chi connectivity index (χ4n) is 4.07. The van der Waals surface area contributed by atoms with Crippen molar-refractivity contribution in [3.63, 3.8) is 0 Å². The third kappa shape index (κ3) is 5.89. The number of unbranched alkanes of at least 4 members (excludes halogenated alkanes) is 5. The molecule has 0 bridgehead atoms. The predicted octanol–water partition coefficient (Wildman–Crippen LogP) is 5.11. The zero-order chi connectivity index (χ0) is 17.4. The van der Waals surface area contributed by atoms with Crippen LogP contribution in [0, 0.1) is 0 Å². The number of aliphatic hydroxyl groups excluding tert-OH is 1. The quantitative estimate of drug-likeness (QED) is 0.585. The van der Waals surface area contributed by atoms with Gasteiger partial charge >= 0.3 is 0 Å². The van der Waals surface area contributed by atoms with Crippen molar-refractivity contribution in [2.75, 3.05) is 6.61 Å². The molecule has 3 N–H and O–H groups in total. The zero-order valence-electron chi connectivity index (χ0n) is 15.8. The van der Waals surface area contributed by atoms with Gasteiger partial charge in [0.05, 0.1) is 6.61 Å². The van der Waals surface area contributed by atoms with Crippen molar-refractivity contribution in [1.82, 2.24) is 0 Å². The molecular weight excluding hydrogens is 294 g/mol. The maximum absolute atomic E-state index is 9.47. The van der Waals surface area contributed by atoms with Gasteiger partial charge in [-0.15, -0.1) is 0 Å². The molecule has 2 unspecified atom stereocenters. The van der Waals surface area contributed by atoms with E-state index in [1.54, 1.807) is 0 Å². The number of aryl methyl sites for hydroxylation is 2. The second kappa shape index (κ2) is 9.58. The Labute approximate surface area is 148 Å². The lowest BCUT2D eigenvalue weighted by molar-refractivity contribution is 0.189. The molecule has 0 aromatic heterocycles. The van der Waals surface area contributed by atoms with Gasteiger partial charge < -0.3 is 10.8 Å². The minimum absolute atomic E-state index is 0.0644. The monoisotopic (exact) mass is 331 g/mol. The van der Waals surface area contributed by atoms with Gasteiger partial charge in [0.15, 0.2) is 0 Å². The van der Waals surface area contributed by atoms with E-state index in [0.29, 0.717) is 5.92 Å². The van der Waals surface area contributed by atoms with Gasteiger partial charge in [-0.2, -0.15) is 0 Å². The first kappa shape index (κ1) is 19.5. The molecule has 2 heteroatoms. The molecule has 0 fully saturated rings. The van der Waals surface area contributed by atoms with Crippen molar-refractivity contribution in [3.8, 4) is 0 Å². The number of nitrogens with two attached hydrogens (primary N) is 1. The number of aliphatic hydroxyl groups is 1. The van der Waals surface area contributed by atoms with Crippen LogP contribution in [0.2, 0.25) is 0 Å². The summed E-state index contributed by atoms with van der Waals surface area (Å²) in [6, 6.07) is 7.12.